The molecule has 0 saturated carbocycles. The summed E-state index contributed by atoms with van der Waals surface area (Å²) in [6.45, 7) is 9.00. The van der Waals surface area contributed by atoms with Crippen LogP contribution in [0.1, 0.15) is 22.3 Å². The Kier molecular flexibility index (Phi) is 4.82. The zero-order valence-corrected chi connectivity index (χ0v) is 14.1. The first kappa shape index (κ1) is 15.8. The van der Waals surface area contributed by atoms with Crippen LogP contribution in [0, 0.1) is 6.92 Å². The highest BCUT2D eigenvalue weighted by molar-refractivity contribution is 7.12. The predicted octanol–water partition coefficient (Wildman–Crippen LogP) is 1.64. The fraction of sp³-hybridized carbons (Fsp3) is 0.467. The lowest BCUT2D eigenvalue weighted by Gasteiger charge is -2.34. The Hall–Kier alpha value is -2.06. The summed E-state index contributed by atoms with van der Waals surface area (Å²) in [4.78, 5) is 30.2. The molecule has 3 heterocycles. The number of carbonyl (C=O) groups is 1. The van der Waals surface area contributed by atoms with Gasteiger partial charge in [-0.1, -0.05) is 6.92 Å². The number of hydrogen-bond donors (Lipinski definition) is 1. The van der Waals surface area contributed by atoms with Crippen molar-refractivity contribution in [3.05, 3.63) is 28.3 Å². The van der Waals surface area contributed by atoms with E-state index in [0.717, 1.165) is 44.2 Å². The predicted molar refractivity (Wildman–Crippen MR) is 91.2 cm³/mol. The summed E-state index contributed by atoms with van der Waals surface area (Å²) in [6.07, 6.45) is 1.68. The molecule has 3 rings (SSSR count). The van der Waals surface area contributed by atoms with Crippen LogP contribution < -0.4 is 10.2 Å². The van der Waals surface area contributed by atoms with Crippen molar-refractivity contribution in [2.24, 2.45) is 0 Å². The monoisotopic (exact) mass is 332 g/mol. The molecule has 8 heteroatoms. The Bertz CT molecular complexity index is 680. The Morgan fingerprint density at radius 2 is 2.09 bits per heavy atom. The van der Waals surface area contributed by atoms with Gasteiger partial charge < -0.3 is 9.80 Å². The fourth-order valence-corrected chi connectivity index (χ4v) is 3.25. The van der Waals surface area contributed by atoms with Crippen molar-refractivity contribution in [3.8, 4) is 0 Å². The van der Waals surface area contributed by atoms with Gasteiger partial charge in [-0.2, -0.15) is 4.98 Å². The van der Waals surface area contributed by atoms with E-state index in [1.54, 1.807) is 11.7 Å². The summed E-state index contributed by atoms with van der Waals surface area (Å²) in [6, 6.07) is 1.88. The molecule has 0 atom stereocenters. The average molecular weight is 332 g/mol. The lowest BCUT2D eigenvalue weighted by atomic mass is 10.3. The van der Waals surface area contributed by atoms with Crippen LogP contribution in [0.4, 0.5) is 11.8 Å². The van der Waals surface area contributed by atoms with E-state index in [4.69, 9.17) is 0 Å². The number of piperazine rings is 1. The Morgan fingerprint density at radius 3 is 2.74 bits per heavy atom. The molecule has 1 saturated heterocycles. The zero-order valence-electron chi connectivity index (χ0n) is 13.3. The smallest absolute Gasteiger partial charge is 0.270 e. The van der Waals surface area contributed by atoms with Crippen LogP contribution in [-0.2, 0) is 0 Å². The summed E-state index contributed by atoms with van der Waals surface area (Å²) < 4.78 is 0. The summed E-state index contributed by atoms with van der Waals surface area (Å²) in [5.74, 6) is 0.975. The number of anilines is 2. The third kappa shape index (κ3) is 3.65. The Balaban J connectivity index is 1.68. The molecule has 1 N–H and O–H groups in total. The minimum absolute atomic E-state index is 0.210. The van der Waals surface area contributed by atoms with Crippen molar-refractivity contribution < 1.29 is 4.79 Å². The van der Waals surface area contributed by atoms with E-state index in [2.05, 4.69) is 37.0 Å². The molecule has 7 nitrogen and oxygen atoms in total. The molecule has 23 heavy (non-hydrogen) atoms. The van der Waals surface area contributed by atoms with Gasteiger partial charge in [-0.15, -0.1) is 11.3 Å². The lowest BCUT2D eigenvalue weighted by molar-refractivity contribution is 0.102. The largest absolute Gasteiger partial charge is 0.354 e. The van der Waals surface area contributed by atoms with Gasteiger partial charge in [0, 0.05) is 32.4 Å². The van der Waals surface area contributed by atoms with Crippen molar-refractivity contribution in [2.75, 3.05) is 42.9 Å². The Labute approximate surface area is 139 Å². The second kappa shape index (κ2) is 7.01. The van der Waals surface area contributed by atoms with Gasteiger partial charge in [0.05, 0.1) is 11.2 Å². The minimum Gasteiger partial charge on any atom is -0.354 e. The summed E-state index contributed by atoms with van der Waals surface area (Å²) in [5.41, 5.74) is 2.38. The fourth-order valence-electron chi connectivity index (χ4n) is 2.56. The highest BCUT2D eigenvalue weighted by Crippen LogP contribution is 2.17. The standard InChI is InChI=1S/C15H20N6OS/c1-3-20-6-8-21(9-7-20)12-4-5-16-15(18-12)19-14(22)13-11(2)17-10-23-13/h4-5,10H,3,6-9H2,1-2H3,(H,16,18,19,22). The molecule has 2 aromatic rings. The lowest BCUT2D eigenvalue weighted by Crippen LogP contribution is -2.46. The molecule has 1 aliphatic rings. The van der Waals surface area contributed by atoms with Crippen LogP contribution in [0.3, 0.4) is 0 Å². The van der Waals surface area contributed by atoms with Crippen LogP contribution in [0.15, 0.2) is 17.8 Å². The molecule has 0 unspecified atom stereocenters. The first-order valence-corrected chi connectivity index (χ1v) is 8.57. The van der Waals surface area contributed by atoms with Crippen LogP contribution in [0.2, 0.25) is 0 Å². The van der Waals surface area contributed by atoms with Gasteiger partial charge in [0.1, 0.15) is 10.7 Å². The molecule has 0 aromatic carbocycles. The molecule has 1 fully saturated rings. The molecule has 0 bridgehead atoms. The second-order valence-electron chi connectivity index (χ2n) is 5.38. The summed E-state index contributed by atoms with van der Waals surface area (Å²) >= 11 is 1.32. The maximum atomic E-state index is 12.2. The van der Waals surface area contributed by atoms with E-state index >= 15 is 0 Å². The van der Waals surface area contributed by atoms with E-state index in [-0.39, 0.29) is 5.91 Å². The number of aromatic nitrogens is 3. The molecule has 0 aliphatic carbocycles. The van der Waals surface area contributed by atoms with Crippen molar-refractivity contribution in [2.45, 2.75) is 13.8 Å². The van der Waals surface area contributed by atoms with E-state index in [0.29, 0.717) is 10.8 Å². The molecule has 0 spiro atoms. The van der Waals surface area contributed by atoms with Crippen molar-refractivity contribution in [3.63, 3.8) is 0 Å². The van der Waals surface area contributed by atoms with Gasteiger partial charge in [0.2, 0.25) is 5.95 Å². The number of carbonyl (C=O) groups excluding carboxylic acids is 1. The number of amides is 1. The van der Waals surface area contributed by atoms with Crippen molar-refractivity contribution in [1.82, 2.24) is 19.9 Å². The maximum absolute atomic E-state index is 12.2. The van der Waals surface area contributed by atoms with Gasteiger partial charge in [0.15, 0.2) is 0 Å². The quantitative estimate of drug-likeness (QED) is 0.917. The second-order valence-corrected chi connectivity index (χ2v) is 6.24. The molecule has 1 amide bonds. The van der Waals surface area contributed by atoms with Crippen LogP contribution >= 0.6 is 11.3 Å². The van der Waals surface area contributed by atoms with Crippen LogP contribution in [0.5, 0.6) is 0 Å². The highest BCUT2D eigenvalue weighted by Gasteiger charge is 2.18. The number of hydrogen-bond acceptors (Lipinski definition) is 7. The number of nitrogens with one attached hydrogen (secondary N) is 1. The van der Waals surface area contributed by atoms with Crippen LogP contribution in [0.25, 0.3) is 0 Å². The molecule has 1 aliphatic heterocycles. The van der Waals surface area contributed by atoms with Gasteiger partial charge >= 0.3 is 0 Å². The van der Waals surface area contributed by atoms with E-state index < -0.39 is 0 Å². The minimum atomic E-state index is -0.210. The van der Waals surface area contributed by atoms with Gasteiger partial charge in [-0.3, -0.25) is 10.1 Å². The third-order valence-electron chi connectivity index (χ3n) is 3.96. The average Bonchev–Trinajstić information content (AvgIpc) is 3.01. The molecule has 122 valence electrons. The molecule has 2 aromatic heterocycles. The van der Waals surface area contributed by atoms with Crippen LogP contribution in [-0.4, -0.2) is 58.5 Å². The van der Waals surface area contributed by atoms with E-state index in [9.17, 15) is 4.79 Å². The first-order valence-electron chi connectivity index (χ1n) is 7.69. The maximum Gasteiger partial charge on any atom is 0.270 e. The van der Waals surface area contributed by atoms with Crippen molar-refractivity contribution >= 4 is 29.0 Å². The Morgan fingerprint density at radius 1 is 1.30 bits per heavy atom. The summed E-state index contributed by atoms with van der Waals surface area (Å²) in [5, 5.41) is 2.76. The number of thiazole rings is 1. The normalized spacial score (nSPS) is 15.7. The topological polar surface area (TPSA) is 74.2 Å². The third-order valence-corrected chi connectivity index (χ3v) is 4.89. The van der Waals surface area contributed by atoms with Gasteiger partial charge in [0.25, 0.3) is 5.91 Å². The van der Waals surface area contributed by atoms with E-state index in [1.165, 1.54) is 11.3 Å². The SMILES string of the molecule is CCN1CCN(c2ccnc(NC(=O)c3scnc3C)n2)CC1. The van der Waals surface area contributed by atoms with Crippen molar-refractivity contribution in [1.29, 1.82) is 0 Å². The molecule has 0 radical (unpaired) electrons. The van der Waals surface area contributed by atoms with E-state index in [1.807, 2.05) is 13.0 Å². The zero-order chi connectivity index (χ0) is 16.2. The summed E-state index contributed by atoms with van der Waals surface area (Å²) in [7, 11) is 0. The molecular weight excluding hydrogens is 312 g/mol. The first-order chi connectivity index (χ1) is 11.2. The highest BCUT2D eigenvalue weighted by atomic mass is 32.1. The van der Waals surface area contributed by atoms with Gasteiger partial charge in [-0.05, 0) is 19.5 Å². The number of likely N-dealkylation sites (N-methyl/N-ethyl adjacent to an activating group) is 1. The molecular formula is C15H20N6OS. The number of nitrogens with zero attached hydrogens (tertiary/aromatic N) is 5. The number of aryl methyl sites for hydroxylation is 1. The van der Waals surface area contributed by atoms with Gasteiger partial charge in [-0.25, -0.2) is 9.97 Å². The number of rotatable bonds is 4.